The summed E-state index contributed by atoms with van der Waals surface area (Å²) in [5.74, 6) is -0.0302. The second kappa shape index (κ2) is 8.72. The van der Waals surface area contributed by atoms with Crippen LogP contribution in [0.1, 0.15) is 33.2 Å². The Morgan fingerprint density at radius 3 is 2.31 bits per heavy atom. The van der Waals surface area contributed by atoms with E-state index in [1.807, 2.05) is 19.1 Å². The number of ether oxygens (including phenoxy) is 1. The molecule has 1 aliphatic rings. The topological polar surface area (TPSA) is 91.8 Å². The Bertz CT molecular complexity index is 936. The molecule has 3 rings (SSSR count). The normalized spacial score (nSPS) is 13.8. The van der Waals surface area contributed by atoms with Crippen LogP contribution in [-0.2, 0) is 4.79 Å². The molecule has 1 aromatic carbocycles. The Hall–Kier alpha value is -3.42. The molecule has 8 nitrogen and oxygen atoms in total. The van der Waals surface area contributed by atoms with Crippen molar-refractivity contribution in [1.82, 2.24) is 14.8 Å². The van der Waals surface area contributed by atoms with Crippen LogP contribution in [0.2, 0.25) is 0 Å². The van der Waals surface area contributed by atoms with Crippen molar-refractivity contribution in [3.05, 3.63) is 53.3 Å². The van der Waals surface area contributed by atoms with Crippen LogP contribution in [0.25, 0.3) is 0 Å². The molecule has 3 amide bonds. The van der Waals surface area contributed by atoms with Gasteiger partial charge in [0.25, 0.3) is 11.8 Å². The Balaban J connectivity index is 1.72. The molecule has 1 aliphatic heterocycles. The van der Waals surface area contributed by atoms with E-state index in [4.69, 9.17) is 4.74 Å². The number of pyridine rings is 1. The van der Waals surface area contributed by atoms with Gasteiger partial charge in [-0.15, -0.1) is 0 Å². The van der Waals surface area contributed by atoms with E-state index < -0.39 is 0 Å². The van der Waals surface area contributed by atoms with Gasteiger partial charge in [0, 0.05) is 45.5 Å². The number of hydrogen-bond acceptors (Lipinski definition) is 5. The van der Waals surface area contributed by atoms with Crippen LogP contribution in [0.5, 0.6) is 5.75 Å². The molecule has 1 saturated heterocycles. The molecule has 0 unspecified atom stereocenters. The van der Waals surface area contributed by atoms with Crippen LogP contribution in [0.4, 0.5) is 5.69 Å². The molecule has 0 spiro atoms. The van der Waals surface area contributed by atoms with Crippen LogP contribution < -0.4 is 10.1 Å². The summed E-state index contributed by atoms with van der Waals surface area (Å²) in [5.41, 5.74) is 2.15. The fraction of sp³-hybridized carbons (Fsp3) is 0.333. The summed E-state index contributed by atoms with van der Waals surface area (Å²) in [6, 6.07) is 7.02. The number of carbonyl (C=O) groups excluding carboxylic acids is 3. The van der Waals surface area contributed by atoms with Crippen molar-refractivity contribution in [3.63, 3.8) is 0 Å². The number of hydrogen-bond donors (Lipinski definition) is 1. The SMILES string of the molecule is COc1ccc(C)cc1NC(=O)c1cncc(C(=O)N2CCN(C(C)=O)CC2)c1. The third-order valence-corrected chi connectivity index (χ3v) is 4.86. The minimum Gasteiger partial charge on any atom is -0.495 e. The van der Waals surface area contributed by atoms with E-state index in [0.29, 0.717) is 43.2 Å². The molecule has 0 saturated carbocycles. The van der Waals surface area contributed by atoms with Gasteiger partial charge in [-0.1, -0.05) is 6.07 Å². The molecule has 152 valence electrons. The predicted octanol–water partition coefficient (Wildman–Crippen LogP) is 1.96. The zero-order valence-electron chi connectivity index (χ0n) is 16.8. The molecule has 0 aliphatic carbocycles. The van der Waals surface area contributed by atoms with E-state index >= 15 is 0 Å². The number of methoxy groups -OCH3 is 1. The van der Waals surface area contributed by atoms with Crippen LogP contribution in [0.3, 0.4) is 0 Å². The maximum atomic E-state index is 12.8. The van der Waals surface area contributed by atoms with Crippen molar-refractivity contribution in [2.75, 3.05) is 38.6 Å². The first kappa shape index (κ1) is 20.3. The molecular weight excluding hydrogens is 372 g/mol. The molecule has 1 aromatic heterocycles. The quantitative estimate of drug-likeness (QED) is 0.853. The smallest absolute Gasteiger partial charge is 0.257 e. The summed E-state index contributed by atoms with van der Waals surface area (Å²) >= 11 is 0. The van der Waals surface area contributed by atoms with Crippen molar-refractivity contribution in [3.8, 4) is 5.75 Å². The van der Waals surface area contributed by atoms with Gasteiger partial charge < -0.3 is 19.9 Å². The highest BCUT2D eigenvalue weighted by molar-refractivity contribution is 6.06. The molecule has 2 heterocycles. The zero-order valence-corrected chi connectivity index (χ0v) is 16.8. The van der Waals surface area contributed by atoms with Crippen molar-refractivity contribution in [1.29, 1.82) is 0 Å². The van der Waals surface area contributed by atoms with E-state index in [-0.39, 0.29) is 23.3 Å². The Morgan fingerprint density at radius 2 is 1.66 bits per heavy atom. The van der Waals surface area contributed by atoms with Gasteiger partial charge in [0.2, 0.25) is 5.91 Å². The Morgan fingerprint density at radius 1 is 1.00 bits per heavy atom. The van der Waals surface area contributed by atoms with Gasteiger partial charge in [0.05, 0.1) is 23.9 Å². The lowest BCUT2D eigenvalue weighted by atomic mass is 10.1. The van der Waals surface area contributed by atoms with Gasteiger partial charge in [0.1, 0.15) is 5.75 Å². The largest absolute Gasteiger partial charge is 0.495 e. The monoisotopic (exact) mass is 396 g/mol. The van der Waals surface area contributed by atoms with Gasteiger partial charge in [-0.25, -0.2) is 0 Å². The summed E-state index contributed by atoms with van der Waals surface area (Å²) in [6.07, 6.45) is 2.87. The lowest BCUT2D eigenvalue weighted by Gasteiger charge is -2.34. The summed E-state index contributed by atoms with van der Waals surface area (Å²) < 4.78 is 5.28. The minimum absolute atomic E-state index is 0.00371. The van der Waals surface area contributed by atoms with Crippen LogP contribution in [-0.4, -0.2) is 65.8 Å². The number of amides is 3. The number of aryl methyl sites for hydroxylation is 1. The first-order chi connectivity index (χ1) is 13.9. The van der Waals surface area contributed by atoms with Gasteiger partial charge in [0.15, 0.2) is 0 Å². The minimum atomic E-state index is -0.377. The number of rotatable bonds is 4. The van der Waals surface area contributed by atoms with Crippen LogP contribution in [0.15, 0.2) is 36.7 Å². The third-order valence-electron chi connectivity index (χ3n) is 4.86. The molecule has 0 radical (unpaired) electrons. The molecule has 0 atom stereocenters. The molecule has 2 aromatic rings. The van der Waals surface area contributed by atoms with Gasteiger partial charge in [-0.2, -0.15) is 0 Å². The summed E-state index contributed by atoms with van der Waals surface area (Å²) in [6.45, 7) is 5.35. The van der Waals surface area contributed by atoms with Gasteiger partial charge in [-0.3, -0.25) is 19.4 Å². The number of anilines is 1. The zero-order chi connectivity index (χ0) is 21.0. The fourth-order valence-electron chi connectivity index (χ4n) is 3.20. The molecule has 29 heavy (non-hydrogen) atoms. The fourth-order valence-corrected chi connectivity index (χ4v) is 3.20. The summed E-state index contributed by atoms with van der Waals surface area (Å²) in [7, 11) is 1.53. The van der Waals surface area contributed by atoms with E-state index in [1.54, 1.807) is 15.9 Å². The second-order valence-corrected chi connectivity index (χ2v) is 6.92. The highest BCUT2D eigenvalue weighted by Gasteiger charge is 2.24. The average Bonchev–Trinajstić information content (AvgIpc) is 2.73. The highest BCUT2D eigenvalue weighted by Crippen LogP contribution is 2.25. The third kappa shape index (κ3) is 4.71. The van der Waals surface area contributed by atoms with Gasteiger partial charge in [-0.05, 0) is 30.7 Å². The molecule has 0 bridgehead atoms. The first-order valence-electron chi connectivity index (χ1n) is 9.35. The Kier molecular flexibility index (Phi) is 6.11. The van der Waals surface area contributed by atoms with E-state index in [1.165, 1.54) is 32.5 Å². The molecule has 1 fully saturated rings. The standard InChI is InChI=1S/C21H24N4O4/c1-14-4-5-19(29-3)18(10-14)23-20(27)16-11-17(13-22-12-16)21(28)25-8-6-24(7-9-25)15(2)26/h4-5,10-13H,6-9H2,1-3H3,(H,23,27). The second-order valence-electron chi connectivity index (χ2n) is 6.92. The number of benzene rings is 1. The van der Waals surface area contributed by atoms with E-state index in [9.17, 15) is 14.4 Å². The van der Waals surface area contributed by atoms with Gasteiger partial charge >= 0.3 is 0 Å². The Labute approximate surface area is 169 Å². The lowest BCUT2D eigenvalue weighted by molar-refractivity contribution is -0.130. The predicted molar refractivity (Wildman–Crippen MR) is 108 cm³/mol. The number of nitrogens with one attached hydrogen (secondary N) is 1. The first-order valence-corrected chi connectivity index (χ1v) is 9.35. The molecular formula is C21H24N4O4. The lowest BCUT2D eigenvalue weighted by Crippen LogP contribution is -2.50. The summed E-state index contributed by atoms with van der Waals surface area (Å²) in [4.78, 5) is 44.4. The average molecular weight is 396 g/mol. The number of aromatic nitrogens is 1. The number of nitrogens with zero attached hydrogens (tertiary/aromatic N) is 3. The van der Waals surface area contributed by atoms with E-state index in [0.717, 1.165) is 5.56 Å². The number of carbonyl (C=O) groups is 3. The maximum absolute atomic E-state index is 12.8. The van der Waals surface area contributed by atoms with Crippen molar-refractivity contribution >= 4 is 23.4 Å². The van der Waals surface area contributed by atoms with Crippen LogP contribution in [0, 0.1) is 6.92 Å². The molecule has 8 heteroatoms. The number of piperazine rings is 1. The highest BCUT2D eigenvalue weighted by atomic mass is 16.5. The van der Waals surface area contributed by atoms with Crippen molar-refractivity contribution in [2.45, 2.75) is 13.8 Å². The van der Waals surface area contributed by atoms with E-state index in [2.05, 4.69) is 10.3 Å². The molecule has 1 N–H and O–H groups in total. The maximum Gasteiger partial charge on any atom is 0.257 e. The van der Waals surface area contributed by atoms with Crippen molar-refractivity contribution < 1.29 is 19.1 Å². The summed E-state index contributed by atoms with van der Waals surface area (Å²) in [5, 5.41) is 2.81. The van der Waals surface area contributed by atoms with Crippen LogP contribution >= 0.6 is 0 Å². The van der Waals surface area contributed by atoms with Crippen molar-refractivity contribution in [2.24, 2.45) is 0 Å².